The minimum Gasteiger partial charge on any atom is -0.508 e. The van der Waals surface area contributed by atoms with E-state index >= 15 is 0 Å². The van der Waals surface area contributed by atoms with Crippen LogP contribution in [0.25, 0.3) is 11.3 Å². The fourth-order valence-electron chi connectivity index (χ4n) is 4.73. The number of benzene rings is 1. The standard InChI is InChI=1S/C20H27N5O2.C6H13N/c1-5-25(6-2)9-10-27-24-18-15-11-13(26)7-8-14(15)17-16(20(18,3)4)19(21)23-12-22-17;7-6-4-2-1-3-5-6/h7-8,11-12,26H,5-6,9-10H2,1-4H3,(H2,21,22,23);6H,1-5,7H2/b24-18+;. The molecule has 0 amide bonds. The van der Waals surface area contributed by atoms with Crippen molar-refractivity contribution >= 4 is 11.5 Å². The van der Waals surface area contributed by atoms with Crippen molar-refractivity contribution in [2.75, 3.05) is 32.0 Å². The summed E-state index contributed by atoms with van der Waals surface area (Å²) in [6, 6.07) is 5.70. The number of oxime groups is 1. The van der Waals surface area contributed by atoms with Crippen LogP contribution < -0.4 is 11.5 Å². The van der Waals surface area contributed by atoms with Crippen LogP contribution in [0.1, 0.15) is 70.9 Å². The van der Waals surface area contributed by atoms with Gasteiger partial charge in [0.05, 0.1) is 11.4 Å². The quantitative estimate of drug-likeness (QED) is 0.431. The van der Waals surface area contributed by atoms with E-state index in [2.05, 4.69) is 33.9 Å². The van der Waals surface area contributed by atoms with Crippen LogP contribution in [0, 0.1) is 0 Å². The smallest absolute Gasteiger partial charge is 0.131 e. The monoisotopic (exact) mass is 468 g/mol. The molecule has 8 heteroatoms. The molecular formula is C26H40N6O2. The summed E-state index contributed by atoms with van der Waals surface area (Å²) >= 11 is 0. The van der Waals surface area contributed by atoms with Crippen molar-refractivity contribution in [1.82, 2.24) is 14.9 Å². The van der Waals surface area contributed by atoms with Crippen molar-refractivity contribution in [1.29, 1.82) is 0 Å². The zero-order valence-corrected chi connectivity index (χ0v) is 21.0. The summed E-state index contributed by atoms with van der Waals surface area (Å²) in [7, 11) is 0. The van der Waals surface area contributed by atoms with Gasteiger partial charge in [0.1, 0.15) is 24.5 Å². The van der Waals surface area contributed by atoms with E-state index in [-0.39, 0.29) is 5.75 Å². The molecule has 0 bridgehead atoms. The summed E-state index contributed by atoms with van der Waals surface area (Å²) in [4.78, 5) is 16.6. The molecule has 8 nitrogen and oxygen atoms in total. The molecule has 186 valence electrons. The number of nitrogen functional groups attached to an aromatic ring is 1. The van der Waals surface area contributed by atoms with Crippen molar-refractivity contribution in [3.8, 4) is 17.0 Å². The Bertz CT molecular complexity index is 981. The zero-order valence-electron chi connectivity index (χ0n) is 21.0. The van der Waals surface area contributed by atoms with Gasteiger partial charge < -0.3 is 26.3 Å². The Morgan fingerprint density at radius 3 is 2.44 bits per heavy atom. The first-order valence-corrected chi connectivity index (χ1v) is 12.4. The number of hydrogen-bond donors (Lipinski definition) is 3. The highest BCUT2D eigenvalue weighted by Crippen LogP contribution is 2.45. The first-order valence-electron chi connectivity index (χ1n) is 12.4. The molecule has 1 fully saturated rings. The van der Waals surface area contributed by atoms with E-state index in [4.69, 9.17) is 16.3 Å². The largest absolute Gasteiger partial charge is 0.508 e. The lowest BCUT2D eigenvalue weighted by atomic mass is 9.70. The molecule has 2 aliphatic carbocycles. The van der Waals surface area contributed by atoms with Gasteiger partial charge in [0.15, 0.2) is 0 Å². The van der Waals surface area contributed by atoms with Crippen LogP contribution in [0.4, 0.5) is 5.82 Å². The van der Waals surface area contributed by atoms with Crippen molar-refractivity contribution in [2.24, 2.45) is 10.9 Å². The number of anilines is 1. The summed E-state index contributed by atoms with van der Waals surface area (Å²) in [5.41, 5.74) is 15.2. The Kier molecular flexibility index (Phi) is 8.85. The number of hydrogen-bond acceptors (Lipinski definition) is 8. The predicted molar refractivity (Wildman–Crippen MR) is 138 cm³/mol. The van der Waals surface area contributed by atoms with Crippen LogP contribution in [0.15, 0.2) is 29.7 Å². The van der Waals surface area contributed by atoms with Gasteiger partial charge >= 0.3 is 0 Å². The molecule has 2 aromatic rings. The van der Waals surface area contributed by atoms with Gasteiger partial charge in [-0.15, -0.1) is 0 Å². The van der Waals surface area contributed by atoms with Crippen LogP contribution in [0.3, 0.4) is 0 Å². The lowest BCUT2D eigenvalue weighted by molar-refractivity contribution is 0.113. The van der Waals surface area contributed by atoms with Crippen LogP contribution in [0.2, 0.25) is 0 Å². The van der Waals surface area contributed by atoms with Gasteiger partial charge in [-0.2, -0.15) is 0 Å². The Labute approximate surface area is 203 Å². The van der Waals surface area contributed by atoms with Gasteiger partial charge in [0.2, 0.25) is 0 Å². The van der Waals surface area contributed by atoms with Crippen LogP contribution >= 0.6 is 0 Å². The van der Waals surface area contributed by atoms with Gasteiger partial charge in [-0.3, -0.25) is 0 Å². The van der Waals surface area contributed by atoms with Gasteiger partial charge in [0.25, 0.3) is 0 Å². The average Bonchev–Trinajstić information content (AvgIpc) is 2.81. The van der Waals surface area contributed by atoms with E-state index in [9.17, 15) is 5.11 Å². The molecule has 0 radical (unpaired) electrons. The Hall–Kier alpha value is -2.71. The summed E-state index contributed by atoms with van der Waals surface area (Å²) < 4.78 is 0. The number of rotatable bonds is 6. The molecule has 0 unspecified atom stereocenters. The van der Waals surface area contributed by atoms with Gasteiger partial charge in [-0.05, 0) is 58.0 Å². The number of aromatic nitrogens is 2. The predicted octanol–water partition coefficient (Wildman–Crippen LogP) is 4.06. The molecule has 0 saturated heterocycles. The SMILES string of the molecule is CCN(CC)CCO/N=C1\c2cc(O)ccc2-c2ncnc(N)c2C1(C)C.NC1CCCCC1. The highest BCUT2D eigenvalue weighted by Gasteiger charge is 2.40. The molecule has 1 aromatic carbocycles. The van der Waals surface area contributed by atoms with Gasteiger partial charge in [-0.1, -0.05) is 38.3 Å². The van der Waals surface area contributed by atoms with Crippen molar-refractivity contribution < 1.29 is 9.94 Å². The summed E-state index contributed by atoms with van der Waals surface area (Å²) in [5.74, 6) is 0.602. The minimum absolute atomic E-state index is 0.172. The molecule has 0 spiro atoms. The number of likely N-dealkylation sites (N-methyl/N-ethyl adjacent to an activating group) is 1. The molecule has 1 heterocycles. The van der Waals surface area contributed by atoms with E-state index in [1.807, 2.05) is 19.9 Å². The fraction of sp³-hybridized carbons (Fsp3) is 0.577. The number of aromatic hydroxyl groups is 1. The first-order chi connectivity index (χ1) is 16.3. The summed E-state index contributed by atoms with van der Waals surface area (Å²) in [5, 5.41) is 14.5. The van der Waals surface area contributed by atoms with E-state index in [0.29, 0.717) is 24.2 Å². The number of phenols is 1. The highest BCUT2D eigenvalue weighted by atomic mass is 16.6. The number of phenolic OH excluding ortho intramolecular Hbond substituents is 1. The second-order valence-corrected chi connectivity index (χ2v) is 9.54. The molecule has 34 heavy (non-hydrogen) atoms. The molecular weight excluding hydrogens is 428 g/mol. The third kappa shape index (κ3) is 5.85. The molecule has 1 aromatic heterocycles. The Morgan fingerprint density at radius 1 is 1.12 bits per heavy atom. The van der Waals surface area contributed by atoms with Crippen LogP contribution in [0.5, 0.6) is 5.75 Å². The maximum atomic E-state index is 10.0. The summed E-state index contributed by atoms with van der Waals surface area (Å²) in [6.45, 7) is 11.5. The molecule has 5 N–H and O–H groups in total. The second kappa shape index (κ2) is 11.6. The molecule has 0 aliphatic heterocycles. The number of nitrogens with zero attached hydrogens (tertiary/aromatic N) is 4. The first kappa shape index (κ1) is 25.9. The maximum Gasteiger partial charge on any atom is 0.131 e. The lowest BCUT2D eigenvalue weighted by Gasteiger charge is -2.34. The normalized spacial score (nSPS) is 18.1. The van der Waals surface area contributed by atoms with Crippen LogP contribution in [-0.2, 0) is 10.3 Å². The fourth-order valence-corrected chi connectivity index (χ4v) is 4.73. The van der Waals surface area contributed by atoms with E-state index in [1.165, 1.54) is 38.4 Å². The summed E-state index contributed by atoms with van der Waals surface area (Å²) in [6.07, 6.45) is 8.12. The van der Waals surface area contributed by atoms with E-state index in [1.54, 1.807) is 12.1 Å². The average molecular weight is 469 g/mol. The van der Waals surface area contributed by atoms with Crippen molar-refractivity contribution in [2.45, 2.75) is 71.3 Å². The van der Waals surface area contributed by atoms with Crippen molar-refractivity contribution in [3.05, 3.63) is 35.7 Å². The highest BCUT2D eigenvalue weighted by molar-refractivity contribution is 6.15. The Morgan fingerprint density at radius 2 is 1.82 bits per heavy atom. The van der Waals surface area contributed by atoms with Crippen molar-refractivity contribution in [3.63, 3.8) is 0 Å². The maximum absolute atomic E-state index is 10.0. The topological polar surface area (TPSA) is 123 Å². The molecule has 1 saturated carbocycles. The van der Waals surface area contributed by atoms with E-state index in [0.717, 1.165) is 42.0 Å². The van der Waals surface area contributed by atoms with Gasteiger partial charge in [0, 0.05) is 34.7 Å². The third-order valence-corrected chi connectivity index (χ3v) is 6.81. The van der Waals surface area contributed by atoms with Crippen LogP contribution in [-0.4, -0.2) is 58.0 Å². The zero-order chi connectivity index (χ0) is 24.7. The molecule has 2 aliphatic rings. The number of nitrogens with two attached hydrogens (primary N) is 2. The number of fused-ring (bicyclic) bond motifs is 3. The third-order valence-electron chi connectivity index (χ3n) is 6.81. The van der Waals surface area contributed by atoms with E-state index < -0.39 is 5.41 Å². The Balaban J connectivity index is 0.000000396. The lowest BCUT2D eigenvalue weighted by Crippen LogP contribution is -2.36. The molecule has 4 rings (SSSR count). The van der Waals surface area contributed by atoms with Gasteiger partial charge in [-0.25, -0.2) is 9.97 Å². The molecule has 0 atom stereocenters. The minimum atomic E-state index is -0.559. The second-order valence-electron chi connectivity index (χ2n) is 9.54.